The largest absolute Gasteiger partial charge is 0.483 e. The number of benzene rings is 2. The lowest BCUT2D eigenvalue weighted by molar-refractivity contribution is -0.118. The Morgan fingerprint density at radius 1 is 1.22 bits per heavy atom. The summed E-state index contributed by atoms with van der Waals surface area (Å²) in [6.07, 6.45) is 2.34. The summed E-state index contributed by atoms with van der Waals surface area (Å²) in [7, 11) is 0. The van der Waals surface area contributed by atoms with Crippen LogP contribution < -0.4 is 10.1 Å². The molecule has 4 rings (SSSR count). The highest BCUT2D eigenvalue weighted by atomic mass is 16.5. The molecule has 1 aliphatic carbocycles. The topological polar surface area (TPSA) is 79.9 Å². The van der Waals surface area contributed by atoms with Gasteiger partial charge in [0.05, 0.1) is 0 Å². The summed E-state index contributed by atoms with van der Waals surface area (Å²) in [4.78, 5) is 16.8. The second-order valence-electron chi connectivity index (χ2n) is 7.01. The van der Waals surface area contributed by atoms with Gasteiger partial charge >= 0.3 is 0 Å². The van der Waals surface area contributed by atoms with E-state index in [2.05, 4.69) is 20.5 Å². The van der Waals surface area contributed by atoms with Gasteiger partial charge in [0.25, 0.3) is 5.91 Å². The molecule has 1 amide bonds. The molecule has 1 heterocycles. The lowest BCUT2D eigenvalue weighted by Gasteiger charge is -2.10. The van der Waals surface area contributed by atoms with Gasteiger partial charge in [0.1, 0.15) is 11.6 Å². The molecule has 138 valence electrons. The van der Waals surface area contributed by atoms with Crippen LogP contribution >= 0.6 is 0 Å². The number of aromatic nitrogens is 3. The van der Waals surface area contributed by atoms with E-state index in [0.717, 1.165) is 28.3 Å². The number of hydrogen-bond donors (Lipinski definition) is 2. The van der Waals surface area contributed by atoms with E-state index in [1.165, 1.54) is 12.8 Å². The number of H-pyrrole nitrogens is 1. The van der Waals surface area contributed by atoms with Crippen molar-refractivity contribution in [3.63, 3.8) is 0 Å². The average molecular weight is 362 g/mol. The Kier molecular flexibility index (Phi) is 4.62. The molecule has 1 saturated carbocycles. The summed E-state index contributed by atoms with van der Waals surface area (Å²) >= 11 is 0. The third kappa shape index (κ3) is 4.16. The number of amides is 1. The first kappa shape index (κ1) is 17.3. The fourth-order valence-corrected chi connectivity index (χ4v) is 2.88. The van der Waals surface area contributed by atoms with Crippen LogP contribution in [0.5, 0.6) is 5.75 Å². The standard InChI is InChI=1S/C21H22N4O2/c1-13-6-7-14(2)18(10-13)27-12-19(26)22-17-5-3-4-16(11-17)21-23-20(24-25-21)15-8-9-15/h3-7,10-11,15H,8-9,12H2,1-2H3,(H,22,26)(H,23,24,25). The zero-order chi connectivity index (χ0) is 18.8. The van der Waals surface area contributed by atoms with Gasteiger partial charge in [0.15, 0.2) is 12.4 Å². The molecule has 1 fully saturated rings. The van der Waals surface area contributed by atoms with Crippen molar-refractivity contribution in [2.75, 3.05) is 11.9 Å². The van der Waals surface area contributed by atoms with Crippen LogP contribution in [0.2, 0.25) is 0 Å². The van der Waals surface area contributed by atoms with Gasteiger partial charge in [-0.25, -0.2) is 4.98 Å². The van der Waals surface area contributed by atoms with E-state index in [1.807, 2.05) is 56.3 Å². The molecular formula is C21H22N4O2. The fraction of sp³-hybridized carbons (Fsp3) is 0.286. The summed E-state index contributed by atoms with van der Waals surface area (Å²) in [6, 6.07) is 13.5. The predicted molar refractivity (Wildman–Crippen MR) is 104 cm³/mol. The molecule has 0 unspecified atom stereocenters. The van der Waals surface area contributed by atoms with E-state index in [1.54, 1.807) is 0 Å². The van der Waals surface area contributed by atoms with E-state index in [-0.39, 0.29) is 12.5 Å². The van der Waals surface area contributed by atoms with Gasteiger partial charge in [-0.05, 0) is 56.0 Å². The monoisotopic (exact) mass is 362 g/mol. The van der Waals surface area contributed by atoms with Gasteiger partial charge in [-0.3, -0.25) is 9.89 Å². The van der Waals surface area contributed by atoms with Gasteiger partial charge in [-0.15, -0.1) is 0 Å². The number of aryl methyl sites for hydroxylation is 2. The molecule has 27 heavy (non-hydrogen) atoms. The lowest BCUT2D eigenvalue weighted by Crippen LogP contribution is -2.20. The first-order valence-electron chi connectivity index (χ1n) is 9.11. The van der Waals surface area contributed by atoms with Crippen LogP contribution in [0.4, 0.5) is 5.69 Å². The van der Waals surface area contributed by atoms with E-state index >= 15 is 0 Å². The highest BCUT2D eigenvalue weighted by Gasteiger charge is 2.27. The van der Waals surface area contributed by atoms with Crippen LogP contribution in [-0.2, 0) is 4.79 Å². The minimum atomic E-state index is -0.207. The number of carbonyl (C=O) groups is 1. The quantitative estimate of drug-likeness (QED) is 0.695. The van der Waals surface area contributed by atoms with Gasteiger partial charge in [-0.2, -0.15) is 5.10 Å². The first-order chi connectivity index (χ1) is 13.1. The molecule has 6 heteroatoms. The molecular weight excluding hydrogens is 340 g/mol. The minimum Gasteiger partial charge on any atom is -0.483 e. The second-order valence-corrected chi connectivity index (χ2v) is 7.01. The van der Waals surface area contributed by atoms with Crippen molar-refractivity contribution in [1.82, 2.24) is 15.2 Å². The van der Waals surface area contributed by atoms with Crippen molar-refractivity contribution >= 4 is 11.6 Å². The smallest absolute Gasteiger partial charge is 0.262 e. The SMILES string of the molecule is Cc1ccc(C)c(OCC(=O)Nc2cccc(-c3n[nH]c(C4CC4)n3)c2)c1. The summed E-state index contributed by atoms with van der Waals surface area (Å²) < 4.78 is 5.66. The molecule has 1 aromatic heterocycles. The molecule has 2 aromatic carbocycles. The number of aromatic amines is 1. The Labute approximate surface area is 158 Å². The van der Waals surface area contributed by atoms with E-state index in [0.29, 0.717) is 17.4 Å². The van der Waals surface area contributed by atoms with E-state index in [9.17, 15) is 4.79 Å². The van der Waals surface area contributed by atoms with Crippen molar-refractivity contribution in [2.45, 2.75) is 32.6 Å². The van der Waals surface area contributed by atoms with Crippen molar-refractivity contribution in [3.8, 4) is 17.1 Å². The third-order valence-electron chi connectivity index (χ3n) is 4.57. The summed E-state index contributed by atoms with van der Waals surface area (Å²) in [6.45, 7) is 3.92. The molecule has 0 bridgehead atoms. The summed E-state index contributed by atoms with van der Waals surface area (Å²) in [5.74, 6) is 2.64. The highest BCUT2D eigenvalue weighted by Crippen LogP contribution is 2.38. The van der Waals surface area contributed by atoms with E-state index in [4.69, 9.17) is 4.74 Å². The average Bonchev–Trinajstić information content (AvgIpc) is 3.39. The number of carbonyl (C=O) groups excluding carboxylic acids is 1. The maximum absolute atomic E-state index is 12.3. The Morgan fingerprint density at radius 2 is 2.07 bits per heavy atom. The molecule has 6 nitrogen and oxygen atoms in total. The third-order valence-corrected chi connectivity index (χ3v) is 4.57. The van der Waals surface area contributed by atoms with Crippen LogP contribution in [0.1, 0.15) is 35.7 Å². The van der Waals surface area contributed by atoms with Crippen molar-refractivity contribution in [1.29, 1.82) is 0 Å². The number of rotatable bonds is 6. The van der Waals surface area contributed by atoms with E-state index < -0.39 is 0 Å². The number of hydrogen-bond acceptors (Lipinski definition) is 4. The number of nitrogens with zero attached hydrogens (tertiary/aromatic N) is 2. The Bertz CT molecular complexity index is 976. The normalized spacial score (nSPS) is 13.4. The van der Waals surface area contributed by atoms with Gasteiger partial charge in [-0.1, -0.05) is 24.3 Å². The van der Waals surface area contributed by atoms with Crippen LogP contribution in [0.15, 0.2) is 42.5 Å². The molecule has 3 aromatic rings. The molecule has 0 radical (unpaired) electrons. The van der Waals surface area contributed by atoms with Gasteiger partial charge in [0.2, 0.25) is 0 Å². The van der Waals surface area contributed by atoms with Crippen LogP contribution in [-0.4, -0.2) is 27.7 Å². The Morgan fingerprint density at radius 3 is 2.89 bits per heavy atom. The summed E-state index contributed by atoms with van der Waals surface area (Å²) in [5.41, 5.74) is 3.67. The van der Waals surface area contributed by atoms with Crippen LogP contribution in [0.3, 0.4) is 0 Å². The zero-order valence-electron chi connectivity index (χ0n) is 15.5. The molecule has 0 atom stereocenters. The molecule has 1 aliphatic rings. The van der Waals surface area contributed by atoms with Gasteiger partial charge < -0.3 is 10.1 Å². The number of ether oxygens (including phenoxy) is 1. The van der Waals surface area contributed by atoms with Crippen LogP contribution in [0.25, 0.3) is 11.4 Å². The predicted octanol–water partition coefficient (Wildman–Crippen LogP) is 3.98. The number of anilines is 1. The Hall–Kier alpha value is -3.15. The van der Waals surface area contributed by atoms with Crippen molar-refractivity contribution < 1.29 is 9.53 Å². The minimum absolute atomic E-state index is 0.0407. The van der Waals surface area contributed by atoms with Crippen LogP contribution in [0, 0.1) is 13.8 Å². The van der Waals surface area contributed by atoms with Crippen molar-refractivity contribution in [2.24, 2.45) is 0 Å². The highest BCUT2D eigenvalue weighted by molar-refractivity contribution is 5.92. The molecule has 2 N–H and O–H groups in total. The second kappa shape index (κ2) is 7.23. The molecule has 0 saturated heterocycles. The Balaban J connectivity index is 1.40. The fourth-order valence-electron chi connectivity index (χ4n) is 2.88. The zero-order valence-corrected chi connectivity index (χ0v) is 15.5. The maximum Gasteiger partial charge on any atom is 0.262 e. The molecule has 0 aliphatic heterocycles. The number of nitrogens with one attached hydrogen (secondary N) is 2. The summed E-state index contributed by atoms with van der Waals surface area (Å²) in [5, 5.41) is 10.2. The van der Waals surface area contributed by atoms with Crippen molar-refractivity contribution in [3.05, 3.63) is 59.4 Å². The first-order valence-corrected chi connectivity index (χ1v) is 9.11. The lowest BCUT2D eigenvalue weighted by atomic mass is 10.1. The maximum atomic E-state index is 12.3. The molecule has 0 spiro atoms. The van der Waals surface area contributed by atoms with Gasteiger partial charge in [0, 0.05) is 17.2 Å².